The zero-order chi connectivity index (χ0) is 13.0. The Morgan fingerprint density at radius 1 is 1.39 bits per heavy atom. The molecule has 1 saturated heterocycles. The Hall–Kier alpha value is -0.650. The molecule has 0 spiro atoms. The molecule has 0 radical (unpaired) electrons. The van der Waals surface area contributed by atoms with Crippen LogP contribution in [0.2, 0.25) is 0 Å². The number of hydrogen-bond acceptors (Lipinski definition) is 3. The molecule has 3 nitrogen and oxygen atoms in total. The molecule has 5 heteroatoms. The van der Waals surface area contributed by atoms with Crippen LogP contribution in [0.5, 0.6) is 5.75 Å². The lowest BCUT2D eigenvalue weighted by atomic mass is 10.0. The lowest BCUT2D eigenvalue weighted by Gasteiger charge is -2.35. The van der Waals surface area contributed by atoms with E-state index in [2.05, 4.69) is 26.1 Å². The van der Waals surface area contributed by atoms with Crippen molar-refractivity contribution in [2.45, 2.75) is 12.5 Å². The topological polar surface area (TPSA) is 35.5 Å². The third kappa shape index (κ3) is 3.22. The van der Waals surface area contributed by atoms with Crippen LogP contribution in [-0.2, 0) is 0 Å². The summed E-state index contributed by atoms with van der Waals surface area (Å²) in [4.78, 5) is 2.27. The van der Waals surface area contributed by atoms with E-state index >= 15 is 0 Å². The minimum atomic E-state index is -0.351. The van der Waals surface area contributed by atoms with Crippen molar-refractivity contribution in [2.75, 3.05) is 32.9 Å². The first-order chi connectivity index (χ1) is 8.72. The fourth-order valence-electron chi connectivity index (χ4n) is 2.42. The monoisotopic (exact) mass is 316 g/mol. The van der Waals surface area contributed by atoms with E-state index in [1.165, 1.54) is 0 Å². The van der Waals surface area contributed by atoms with Crippen LogP contribution >= 0.6 is 15.9 Å². The van der Waals surface area contributed by atoms with Crippen molar-refractivity contribution in [3.8, 4) is 5.75 Å². The number of benzene rings is 1. The second-order valence-electron chi connectivity index (χ2n) is 4.49. The van der Waals surface area contributed by atoms with E-state index in [1.807, 2.05) is 6.07 Å². The second-order valence-corrected chi connectivity index (χ2v) is 5.34. The van der Waals surface area contributed by atoms with Crippen molar-refractivity contribution >= 4 is 15.9 Å². The van der Waals surface area contributed by atoms with E-state index in [0.717, 1.165) is 36.2 Å². The number of hydrogen-bond donors (Lipinski definition) is 2. The first-order valence-electron chi connectivity index (χ1n) is 6.21. The van der Waals surface area contributed by atoms with Gasteiger partial charge in [-0.05, 0) is 30.2 Å². The average molecular weight is 317 g/mol. The molecule has 2 rings (SSSR count). The van der Waals surface area contributed by atoms with Gasteiger partial charge in [-0.3, -0.25) is 9.29 Å². The van der Waals surface area contributed by atoms with Gasteiger partial charge in [0.1, 0.15) is 5.75 Å². The molecular weight excluding hydrogens is 299 g/mol. The minimum Gasteiger partial charge on any atom is -0.508 e. The smallest absolute Gasteiger partial charge is 0.115 e. The number of nitrogens with one attached hydrogen (secondary N) is 1. The highest BCUT2D eigenvalue weighted by molar-refractivity contribution is 9.10. The van der Waals surface area contributed by atoms with Crippen molar-refractivity contribution < 1.29 is 9.50 Å². The standard InChI is InChI=1S/C13H18BrFN2O/c14-12-2-1-10(18)9-11(12)13(3-4-15)17-7-5-16-6-8-17/h1-2,9,13,16,18H,3-8H2/t13-/m1/s1. The van der Waals surface area contributed by atoms with E-state index in [1.54, 1.807) is 12.1 Å². The van der Waals surface area contributed by atoms with Gasteiger partial charge in [-0.2, -0.15) is 0 Å². The summed E-state index contributed by atoms with van der Waals surface area (Å²) in [7, 11) is 0. The molecular formula is C13H18BrFN2O. The van der Waals surface area contributed by atoms with Crippen molar-refractivity contribution in [2.24, 2.45) is 0 Å². The van der Waals surface area contributed by atoms with Crippen LogP contribution in [0.4, 0.5) is 4.39 Å². The molecule has 0 saturated carbocycles. The molecule has 0 unspecified atom stereocenters. The molecule has 1 aliphatic rings. The molecule has 1 aromatic rings. The number of halogens is 2. The molecule has 18 heavy (non-hydrogen) atoms. The lowest BCUT2D eigenvalue weighted by Crippen LogP contribution is -2.45. The Kier molecular flexibility index (Phi) is 4.97. The van der Waals surface area contributed by atoms with Crippen LogP contribution < -0.4 is 5.32 Å². The zero-order valence-corrected chi connectivity index (χ0v) is 11.8. The van der Waals surface area contributed by atoms with Gasteiger partial charge in [0.15, 0.2) is 0 Å². The largest absolute Gasteiger partial charge is 0.508 e. The van der Waals surface area contributed by atoms with Crippen LogP contribution in [-0.4, -0.2) is 42.9 Å². The maximum absolute atomic E-state index is 12.8. The number of rotatable bonds is 4. The molecule has 0 amide bonds. The summed E-state index contributed by atoms with van der Waals surface area (Å²) < 4.78 is 13.7. The normalized spacial score (nSPS) is 18.8. The summed E-state index contributed by atoms with van der Waals surface area (Å²) in [6, 6.07) is 5.21. The van der Waals surface area contributed by atoms with Gasteiger partial charge in [-0.15, -0.1) is 0 Å². The number of aromatic hydroxyl groups is 1. The van der Waals surface area contributed by atoms with E-state index in [4.69, 9.17) is 0 Å². The maximum Gasteiger partial charge on any atom is 0.115 e. The summed E-state index contributed by atoms with van der Waals surface area (Å²) in [5, 5.41) is 12.9. The van der Waals surface area contributed by atoms with E-state index < -0.39 is 0 Å². The van der Waals surface area contributed by atoms with Gasteiger partial charge in [-0.1, -0.05) is 15.9 Å². The summed E-state index contributed by atoms with van der Waals surface area (Å²) in [6.07, 6.45) is 0.460. The maximum atomic E-state index is 12.8. The van der Waals surface area contributed by atoms with Crippen LogP contribution in [0.1, 0.15) is 18.0 Å². The summed E-state index contributed by atoms with van der Waals surface area (Å²) in [6.45, 7) is 3.33. The second kappa shape index (κ2) is 6.50. The number of nitrogens with zero attached hydrogens (tertiary/aromatic N) is 1. The van der Waals surface area contributed by atoms with Gasteiger partial charge in [0.2, 0.25) is 0 Å². The average Bonchev–Trinajstić information content (AvgIpc) is 2.40. The van der Waals surface area contributed by atoms with E-state index in [0.29, 0.717) is 6.42 Å². The highest BCUT2D eigenvalue weighted by Gasteiger charge is 2.23. The van der Waals surface area contributed by atoms with Gasteiger partial charge < -0.3 is 10.4 Å². The van der Waals surface area contributed by atoms with Crippen LogP contribution in [0, 0.1) is 0 Å². The molecule has 1 fully saturated rings. The molecule has 0 aromatic heterocycles. The van der Waals surface area contributed by atoms with Gasteiger partial charge >= 0.3 is 0 Å². The minimum absolute atomic E-state index is 0.0265. The van der Waals surface area contributed by atoms with Crippen LogP contribution in [0.25, 0.3) is 0 Å². The third-order valence-electron chi connectivity index (χ3n) is 3.31. The fraction of sp³-hybridized carbons (Fsp3) is 0.538. The molecule has 1 aliphatic heterocycles. The van der Waals surface area contributed by atoms with Gasteiger partial charge in [-0.25, -0.2) is 0 Å². The molecule has 0 bridgehead atoms. The Balaban J connectivity index is 2.24. The predicted molar refractivity (Wildman–Crippen MR) is 73.6 cm³/mol. The zero-order valence-electron chi connectivity index (χ0n) is 10.2. The van der Waals surface area contributed by atoms with Gasteiger partial charge in [0, 0.05) is 36.7 Å². The fourth-order valence-corrected chi connectivity index (χ4v) is 2.93. The quantitative estimate of drug-likeness (QED) is 0.895. The van der Waals surface area contributed by atoms with E-state index in [9.17, 15) is 9.50 Å². The van der Waals surface area contributed by atoms with Crippen molar-refractivity contribution in [1.29, 1.82) is 0 Å². The number of piperazine rings is 1. The number of phenolic OH excluding ortho intramolecular Hbond substituents is 1. The molecule has 1 aromatic carbocycles. The summed E-state index contributed by atoms with van der Waals surface area (Å²) >= 11 is 3.49. The van der Waals surface area contributed by atoms with Gasteiger partial charge in [0.05, 0.1) is 6.67 Å². The van der Waals surface area contributed by atoms with Crippen molar-refractivity contribution in [1.82, 2.24) is 10.2 Å². The SMILES string of the molecule is Oc1ccc(Br)c([C@@H](CCF)N2CCNCC2)c1. The molecule has 1 heterocycles. The Bertz CT molecular complexity index is 397. The summed E-state index contributed by atoms with van der Waals surface area (Å²) in [5.74, 6) is 0.229. The molecule has 1 atom stereocenters. The Morgan fingerprint density at radius 3 is 2.78 bits per heavy atom. The van der Waals surface area contributed by atoms with Crippen LogP contribution in [0.3, 0.4) is 0 Å². The van der Waals surface area contributed by atoms with E-state index in [-0.39, 0.29) is 18.5 Å². The Morgan fingerprint density at radius 2 is 2.11 bits per heavy atom. The first-order valence-corrected chi connectivity index (χ1v) is 7.01. The lowest BCUT2D eigenvalue weighted by molar-refractivity contribution is 0.157. The summed E-state index contributed by atoms with van der Waals surface area (Å²) in [5.41, 5.74) is 0.967. The van der Waals surface area contributed by atoms with Crippen molar-refractivity contribution in [3.63, 3.8) is 0 Å². The molecule has 0 aliphatic carbocycles. The first kappa shape index (κ1) is 13.8. The molecule has 2 N–H and O–H groups in total. The third-order valence-corrected chi connectivity index (χ3v) is 4.04. The van der Waals surface area contributed by atoms with Gasteiger partial charge in [0.25, 0.3) is 0 Å². The predicted octanol–water partition coefficient (Wildman–Crippen LogP) is 2.46. The highest BCUT2D eigenvalue weighted by atomic mass is 79.9. The van der Waals surface area contributed by atoms with Crippen LogP contribution in [0.15, 0.2) is 22.7 Å². The molecule has 100 valence electrons. The Labute approximate surface area is 115 Å². The number of alkyl halides is 1. The highest BCUT2D eigenvalue weighted by Crippen LogP contribution is 2.33. The number of phenols is 1. The van der Waals surface area contributed by atoms with Crippen molar-refractivity contribution in [3.05, 3.63) is 28.2 Å².